The maximum absolute atomic E-state index is 12.2. The van der Waals surface area contributed by atoms with Gasteiger partial charge in [-0.2, -0.15) is 4.98 Å². The molecule has 3 aromatic rings. The molecule has 0 bridgehead atoms. The summed E-state index contributed by atoms with van der Waals surface area (Å²) < 4.78 is 15.6. The van der Waals surface area contributed by atoms with E-state index in [1.54, 1.807) is 39.5 Å². The lowest BCUT2D eigenvalue weighted by Crippen LogP contribution is -2.32. The Labute approximate surface area is 192 Å². The molecular formula is C23H28N6O4. The van der Waals surface area contributed by atoms with E-state index in [0.717, 1.165) is 17.1 Å². The number of benzene rings is 2. The van der Waals surface area contributed by atoms with E-state index in [1.165, 1.54) is 0 Å². The van der Waals surface area contributed by atoms with Gasteiger partial charge in [0.15, 0.2) is 0 Å². The molecule has 0 aliphatic carbocycles. The van der Waals surface area contributed by atoms with E-state index >= 15 is 0 Å². The summed E-state index contributed by atoms with van der Waals surface area (Å²) >= 11 is 0. The van der Waals surface area contributed by atoms with Crippen molar-refractivity contribution in [2.24, 2.45) is 0 Å². The van der Waals surface area contributed by atoms with Gasteiger partial charge in [0.25, 0.3) is 0 Å². The zero-order chi connectivity index (χ0) is 23.6. The van der Waals surface area contributed by atoms with Gasteiger partial charge in [-0.1, -0.05) is 0 Å². The highest BCUT2D eigenvalue weighted by Crippen LogP contribution is 2.25. The predicted octanol–water partition coefficient (Wildman–Crippen LogP) is 3.79. The number of methoxy groups -OCH3 is 3. The number of nitrogens with one attached hydrogen (secondary N) is 4. The first-order chi connectivity index (χ1) is 16.0. The van der Waals surface area contributed by atoms with Crippen molar-refractivity contribution in [3.63, 3.8) is 0 Å². The molecule has 0 radical (unpaired) electrons. The van der Waals surface area contributed by atoms with E-state index in [0.29, 0.717) is 42.0 Å². The number of ether oxygens (including phenoxy) is 3. The lowest BCUT2D eigenvalue weighted by molar-refractivity contribution is 0.252. The second-order valence-electron chi connectivity index (χ2n) is 6.98. The number of hydrogen-bond donors (Lipinski definition) is 4. The van der Waals surface area contributed by atoms with Gasteiger partial charge >= 0.3 is 6.03 Å². The molecular weight excluding hydrogens is 424 g/mol. The molecule has 10 nitrogen and oxygen atoms in total. The zero-order valence-corrected chi connectivity index (χ0v) is 19.1. The van der Waals surface area contributed by atoms with Gasteiger partial charge in [0.05, 0.1) is 21.3 Å². The van der Waals surface area contributed by atoms with Gasteiger partial charge in [0.1, 0.15) is 23.1 Å². The summed E-state index contributed by atoms with van der Waals surface area (Å²) in [6.45, 7) is 2.70. The topological polar surface area (TPSA) is 119 Å². The van der Waals surface area contributed by atoms with Crippen molar-refractivity contribution in [3.05, 3.63) is 54.2 Å². The Morgan fingerprint density at radius 2 is 1.48 bits per heavy atom. The van der Waals surface area contributed by atoms with Crippen LogP contribution in [0.5, 0.6) is 17.2 Å². The number of aromatic nitrogens is 2. The summed E-state index contributed by atoms with van der Waals surface area (Å²) in [4.78, 5) is 21.1. The molecule has 10 heteroatoms. The predicted molar refractivity (Wildman–Crippen MR) is 128 cm³/mol. The van der Waals surface area contributed by atoms with Crippen molar-refractivity contribution in [1.29, 1.82) is 0 Å². The summed E-state index contributed by atoms with van der Waals surface area (Å²) in [7, 11) is 4.73. The van der Waals surface area contributed by atoms with Crippen molar-refractivity contribution in [3.8, 4) is 17.2 Å². The number of anilines is 4. The Morgan fingerprint density at radius 3 is 2.12 bits per heavy atom. The van der Waals surface area contributed by atoms with Crippen LogP contribution in [0, 0.1) is 6.92 Å². The Balaban J connectivity index is 1.49. The Morgan fingerprint density at radius 1 is 0.818 bits per heavy atom. The van der Waals surface area contributed by atoms with E-state index in [1.807, 2.05) is 37.3 Å². The number of amides is 2. The number of rotatable bonds is 10. The van der Waals surface area contributed by atoms with Gasteiger partial charge in [0, 0.05) is 54.4 Å². The molecule has 0 aliphatic rings. The third-order valence-electron chi connectivity index (χ3n) is 4.52. The third-order valence-corrected chi connectivity index (χ3v) is 4.52. The Hall–Kier alpha value is -4.21. The molecule has 0 aliphatic heterocycles. The Bertz CT molecular complexity index is 1050. The molecule has 33 heavy (non-hydrogen) atoms. The van der Waals surface area contributed by atoms with Crippen molar-refractivity contribution in [2.45, 2.75) is 6.92 Å². The van der Waals surface area contributed by atoms with Gasteiger partial charge in [0.2, 0.25) is 5.95 Å². The third kappa shape index (κ3) is 7.17. The fourth-order valence-electron chi connectivity index (χ4n) is 2.94. The first kappa shape index (κ1) is 23.5. The first-order valence-corrected chi connectivity index (χ1v) is 10.3. The molecule has 3 rings (SSSR count). The SMILES string of the molecule is COc1ccc(Nc2cc(C)nc(NCCNC(=O)Nc3cc(OC)cc(OC)c3)n2)cc1. The lowest BCUT2D eigenvalue weighted by atomic mass is 10.3. The molecule has 0 unspecified atom stereocenters. The van der Waals surface area contributed by atoms with E-state index in [-0.39, 0.29) is 6.03 Å². The zero-order valence-electron chi connectivity index (χ0n) is 19.1. The smallest absolute Gasteiger partial charge is 0.319 e. The van der Waals surface area contributed by atoms with Crippen LogP contribution < -0.4 is 35.5 Å². The average Bonchev–Trinajstić information content (AvgIpc) is 2.81. The molecule has 0 saturated heterocycles. The number of hydrogen-bond acceptors (Lipinski definition) is 8. The highest BCUT2D eigenvalue weighted by molar-refractivity contribution is 5.89. The number of aryl methyl sites for hydroxylation is 1. The van der Waals surface area contributed by atoms with Crippen LogP contribution in [-0.2, 0) is 0 Å². The number of carbonyl (C=O) groups is 1. The van der Waals surface area contributed by atoms with Crippen LogP contribution in [-0.4, -0.2) is 50.4 Å². The molecule has 1 heterocycles. The quantitative estimate of drug-likeness (QED) is 0.343. The fourth-order valence-corrected chi connectivity index (χ4v) is 2.94. The van der Waals surface area contributed by atoms with Crippen LogP contribution in [0.4, 0.5) is 27.9 Å². The molecule has 2 aromatic carbocycles. The number of nitrogens with zero attached hydrogens (tertiary/aromatic N) is 2. The van der Waals surface area contributed by atoms with Gasteiger partial charge in [-0.15, -0.1) is 0 Å². The fraction of sp³-hybridized carbons (Fsp3) is 0.261. The highest BCUT2D eigenvalue weighted by Gasteiger charge is 2.07. The molecule has 1 aromatic heterocycles. The van der Waals surface area contributed by atoms with E-state index < -0.39 is 0 Å². The van der Waals surface area contributed by atoms with Gasteiger partial charge < -0.3 is 35.5 Å². The highest BCUT2D eigenvalue weighted by atomic mass is 16.5. The molecule has 0 saturated carbocycles. The van der Waals surface area contributed by atoms with Crippen LogP contribution in [0.3, 0.4) is 0 Å². The monoisotopic (exact) mass is 452 g/mol. The second-order valence-corrected chi connectivity index (χ2v) is 6.98. The minimum absolute atomic E-state index is 0.348. The average molecular weight is 453 g/mol. The molecule has 0 fully saturated rings. The minimum Gasteiger partial charge on any atom is -0.497 e. The lowest BCUT2D eigenvalue weighted by Gasteiger charge is -2.12. The van der Waals surface area contributed by atoms with Crippen molar-refractivity contribution >= 4 is 29.2 Å². The van der Waals surface area contributed by atoms with Gasteiger partial charge in [-0.05, 0) is 31.2 Å². The van der Waals surface area contributed by atoms with Crippen molar-refractivity contribution in [1.82, 2.24) is 15.3 Å². The first-order valence-electron chi connectivity index (χ1n) is 10.3. The van der Waals surface area contributed by atoms with Gasteiger partial charge in [-0.3, -0.25) is 0 Å². The van der Waals surface area contributed by atoms with E-state index in [2.05, 4.69) is 31.2 Å². The summed E-state index contributed by atoms with van der Waals surface area (Å²) in [6.07, 6.45) is 0. The molecule has 0 spiro atoms. The summed E-state index contributed by atoms with van der Waals surface area (Å²) in [5.41, 5.74) is 2.25. The van der Waals surface area contributed by atoms with Crippen LogP contribution >= 0.6 is 0 Å². The summed E-state index contributed by atoms with van der Waals surface area (Å²) in [5, 5.41) is 11.9. The van der Waals surface area contributed by atoms with Crippen molar-refractivity contribution < 1.29 is 19.0 Å². The number of urea groups is 1. The molecule has 0 atom stereocenters. The molecule has 4 N–H and O–H groups in total. The van der Waals surface area contributed by atoms with E-state index in [4.69, 9.17) is 14.2 Å². The van der Waals surface area contributed by atoms with Gasteiger partial charge in [-0.25, -0.2) is 9.78 Å². The molecule has 2 amide bonds. The number of carbonyl (C=O) groups excluding carboxylic acids is 1. The standard InChI is InChI=1S/C23H28N6O4/c1-15-11-21(27-16-5-7-18(31-2)8-6-16)29-22(26-15)24-9-10-25-23(30)28-17-12-19(32-3)14-20(13-17)33-4/h5-8,11-14H,9-10H2,1-4H3,(H2,25,28,30)(H2,24,26,27,29). The normalized spacial score (nSPS) is 10.2. The molecule has 174 valence electrons. The Kier molecular flexibility index (Phi) is 8.12. The van der Waals surface area contributed by atoms with Crippen LogP contribution in [0.25, 0.3) is 0 Å². The summed E-state index contributed by atoms with van der Waals surface area (Å²) in [6, 6.07) is 14.2. The maximum atomic E-state index is 12.2. The van der Waals surface area contributed by atoms with Crippen LogP contribution in [0.15, 0.2) is 48.5 Å². The van der Waals surface area contributed by atoms with Crippen LogP contribution in [0.2, 0.25) is 0 Å². The minimum atomic E-state index is -0.348. The largest absolute Gasteiger partial charge is 0.497 e. The van der Waals surface area contributed by atoms with E-state index in [9.17, 15) is 4.79 Å². The second kappa shape index (κ2) is 11.4. The summed E-state index contributed by atoms with van der Waals surface area (Å²) in [5.74, 6) is 3.08. The van der Waals surface area contributed by atoms with Crippen LogP contribution in [0.1, 0.15) is 5.69 Å². The maximum Gasteiger partial charge on any atom is 0.319 e. The van der Waals surface area contributed by atoms with Crippen molar-refractivity contribution in [2.75, 3.05) is 50.4 Å².